The molecule has 1 atom stereocenters. The Kier molecular flexibility index (Phi) is 7.44. The maximum Gasteiger partial charge on any atom is 0.254 e. The van der Waals surface area contributed by atoms with Gasteiger partial charge in [-0.05, 0) is 56.5 Å². The van der Waals surface area contributed by atoms with Gasteiger partial charge in [0.25, 0.3) is 5.91 Å². The van der Waals surface area contributed by atoms with Gasteiger partial charge in [0.2, 0.25) is 0 Å². The van der Waals surface area contributed by atoms with Crippen LogP contribution in [0.1, 0.15) is 55.1 Å². The van der Waals surface area contributed by atoms with Crippen LogP contribution in [0.15, 0.2) is 36.4 Å². The van der Waals surface area contributed by atoms with Gasteiger partial charge in [-0.15, -0.1) is 0 Å². The predicted molar refractivity (Wildman–Crippen MR) is 116 cm³/mol. The van der Waals surface area contributed by atoms with Gasteiger partial charge in [0.1, 0.15) is 11.5 Å². The largest absolute Gasteiger partial charge is 0.497 e. The number of nitrogens with zero attached hydrogens (tertiary/aromatic N) is 1. The second-order valence-electron chi connectivity index (χ2n) is 7.21. The van der Waals surface area contributed by atoms with Crippen molar-refractivity contribution in [1.29, 1.82) is 0 Å². The normalized spacial score (nSPS) is 15.7. The lowest BCUT2D eigenvalue weighted by atomic mass is 10.0. The zero-order valence-electron chi connectivity index (χ0n) is 18.3. The summed E-state index contributed by atoms with van der Waals surface area (Å²) in [5.74, 6) is 2.73. The number of amides is 1. The predicted octanol–water partition coefficient (Wildman–Crippen LogP) is 4.87. The van der Waals surface area contributed by atoms with Gasteiger partial charge in [-0.1, -0.05) is 6.92 Å². The minimum atomic E-state index is -0.0371. The maximum absolute atomic E-state index is 13.4. The van der Waals surface area contributed by atoms with E-state index in [9.17, 15) is 4.79 Å². The van der Waals surface area contributed by atoms with Crippen LogP contribution in [0.5, 0.6) is 23.0 Å². The first-order valence-corrected chi connectivity index (χ1v) is 10.5. The van der Waals surface area contributed by atoms with Crippen LogP contribution in [0.4, 0.5) is 0 Å². The lowest BCUT2D eigenvalue weighted by Gasteiger charge is -2.27. The van der Waals surface area contributed by atoms with E-state index in [0.717, 1.165) is 36.3 Å². The summed E-state index contributed by atoms with van der Waals surface area (Å²) in [5.41, 5.74) is 1.60. The van der Waals surface area contributed by atoms with Crippen LogP contribution in [0.3, 0.4) is 0 Å². The third-order valence-corrected chi connectivity index (χ3v) is 5.27. The smallest absolute Gasteiger partial charge is 0.254 e. The first-order valence-electron chi connectivity index (χ1n) is 10.5. The average Bonchev–Trinajstić information content (AvgIpc) is 3.27. The first kappa shape index (κ1) is 21.8. The van der Waals surface area contributed by atoms with Gasteiger partial charge in [0, 0.05) is 23.7 Å². The molecule has 2 aromatic carbocycles. The van der Waals surface area contributed by atoms with Crippen molar-refractivity contribution >= 4 is 5.91 Å². The standard InChI is InChI=1S/C24H31NO5/c1-5-14-30-21-12-9-17(15-23(21)29-6-2)24(26)25-13-7-8-20(25)19-11-10-18(27-3)16-22(19)28-4/h9-12,15-16,20H,5-8,13-14H2,1-4H3. The number of methoxy groups -OCH3 is 2. The van der Waals surface area contributed by atoms with E-state index < -0.39 is 0 Å². The van der Waals surface area contributed by atoms with Crippen molar-refractivity contribution in [2.75, 3.05) is 34.0 Å². The Morgan fingerprint density at radius 3 is 2.53 bits per heavy atom. The number of benzene rings is 2. The summed E-state index contributed by atoms with van der Waals surface area (Å²) in [7, 11) is 3.27. The van der Waals surface area contributed by atoms with Crippen molar-refractivity contribution in [3.05, 3.63) is 47.5 Å². The van der Waals surface area contributed by atoms with Crippen molar-refractivity contribution in [3.8, 4) is 23.0 Å². The molecular formula is C24H31NO5. The molecule has 1 aliphatic heterocycles. The number of hydrogen-bond donors (Lipinski definition) is 0. The highest BCUT2D eigenvalue weighted by atomic mass is 16.5. The van der Waals surface area contributed by atoms with Crippen molar-refractivity contribution in [3.63, 3.8) is 0 Å². The molecule has 1 unspecified atom stereocenters. The third kappa shape index (κ3) is 4.64. The summed E-state index contributed by atoms with van der Waals surface area (Å²) in [5, 5.41) is 0. The molecule has 3 rings (SSSR count). The van der Waals surface area contributed by atoms with Gasteiger partial charge in [-0.25, -0.2) is 0 Å². The minimum absolute atomic E-state index is 0.0154. The second kappa shape index (κ2) is 10.2. The Labute approximate surface area is 178 Å². The molecule has 2 aromatic rings. The van der Waals surface area contributed by atoms with Crippen LogP contribution in [0, 0.1) is 0 Å². The van der Waals surface area contributed by atoms with Gasteiger partial charge in [-0.2, -0.15) is 0 Å². The van der Waals surface area contributed by atoms with E-state index in [1.54, 1.807) is 20.3 Å². The molecule has 6 nitrogen and oxygen atoms in total. The van der Waals surface area contributed by atoms with Gasteiger partial charge in [0.05, 0.1) is 33.5 Å². The van der Waals surface area contributed by atoms with E-state index in [2.05, 4.69) is 6.92 Å². The molecule has 0 spiro atoms. The zero-order valence-corrected chi connectivity index (χ0v) is 18.3. The van der Waals surface area contributed by atoms with Crippen LogP contribution in [0.2, 0.25) is 0 Å². The number of carbonyl (C=O) groups is 1. The third-order valence-electron chi connectivity index (χ3n) is 5.27. The van der Waals surface area contributed by atoms with Crippen molar-refractivity contribution in [1.82, 2.24) is 4.90 Å². The van der Waals surface area contributed by atoms with Crippen LogP contribution in [-0.4, -0.2) is 44.8 Å². The SMILES string of the molecule is CCCOc1ccc(C(=O)N2CCCC2c2ccc(OC)cc2OC)cc1OCC. The van der Waals surface area contributed by atoms with Crippen LogP contribution in [-0.2, 0) is 0 Å². The molecule has 0 N–H and O–H groups in total. The fourth-order valence-electron chi connectivity index (χ4n) is 3.83. The summed E-state index contributed by atoms with van der Waals surface area (Å²) in [6, 6.07) is 11.2. The topological polar surface area (TPSA) is 57.2 Å². The number of hydrogen-bond acceptors (Lipinski definition) is 5. The molecule has 0 aromatic heterocycles. The van der Waals surface area contributed by atoms with Crippen molar-refractivity contribution < 1.29 is 23.7 Å². The summed E-state index contributed by atoms with van der Waals surface area (Å²) in [4.78, 5) is 15.3. The molecule has 30 heavy (non-hydrogen) atoms. The summed E-state index contributed by atoms with van der Waals surface area (Å²) < 4.78 is 22.4. The first-order chi connectivity index (χ1) is 14.6. The van der Waals surface area contributed by atoms with Crippen LogP contribution >= 0.6 is 0 Å². The number of rotatable bonds is 9. The fourth-order valence-corrected chi connectivity index (χ4v) is 3.83. The molecule has 1 aliphatic rings. The van der Waals surface area contributed by atoms with Crippen LogP contribution in [0.25, 0.3) is 0 Å². The highest BCUT2D eigenvalue weighted by Gasteiger charge is 2.33. The van der Waals surface area contributed by atoms with E-state index in [1.807, 2.05) is 42.2 Å². The molecule has 0 bridgehead atoms. The van der Waals surface area contributed by atoms with E-state index in [4.69, 9.17) is 18.9 Å². The number of likely N-dealkylation sites (tertiary alicyclic amines) is 1. The Morgan fingerprint density at radius 2 is 1.83 bits per heavy atom. The minimum Gasteiger partial charge on any atom is -0.497 e. The zero-order chi connectivity index (χ0) is 21.5. The Bertz CT molecular complexity index is 867. The molecular weight excluding hydrogens is 382 g/mol. The Morgan fingerprint density at radius 1 is 1.00 bits per heavy atom. The van der Waals surface area contributed by atoms with E-state index in [0.29, 0.717) is 36.8 Å². The summed E-state index contributed by atoms with van der Waals surface area (Å²) in [6.07, 6.45) is 2.75. The Balaban J connectivity index is 1.88. The van der Waals surface area contributed by atoms with Gasteiger partial charge >= 0.3 is 0 Å². The van der Waals surface area contributed by atoms with Crippen molar-refractivity contribution in [2.24, 2.45) is 0 Å². The molecule has 162 valence electrons. The quantitative estimate of drug-likeness (QED) is 0.587. The average molecular weight is 414 g/mol. The Hall–Kier alpha value is -2.89. The van der Waals surface area contributed by atoms with E-state index >= 15 is 0 Å². The van der Waals surface area contributed by atoms with E-state index in [-0.39, 0.29) is 11.9 Å². The van der Waals surface area contributed by atoms with Gasteiger partial charge in [-0.3, -0.25) is 4.79 Å². The molecule has 0 aliphatic carbocycles. The molecule has 0 saturated carbocycles. The molecule has 6 heteroatoms. The number of carbonyl (C=O) groups excluding carboxylic acids is 1. The highest BCUT2D eigenvalue weighted by molar-refractivity contribution is 5.95. The van der Waals surface area contributed by atoms with Crippen LogP contribution < -0.4 is 18.9 Å². The van der Waals surface area contributed by atoms with Gasteiger partial charge < -0.3 is 23.8 Å². The summed E-state index contributed by atoms with van der Waals surface area (Å²) in [6.45, 7) is 5.80. The van der Waals surface area contributed by atoms with E-state index in [1.165, 1.54) is 0 Å². The molecule has 0 radical (unpaired) electrons. The number of ether oxygens (including phenoxy) is 4. The van der Waals surface area contributed by atoms with Gasteiger partial charge in [0.15, 0.2) is 11.5 Å². The maximum atomic E-state index is 13.4. The van der Waals surface area contributed by atoms with Crippen molar-refractivity contribution in [2.45, 2.75) is 39.2 Å². The molecule has 1 heterocycles. The summed E-state index contributed by atoms with van der Waals surface area (Å²) >= 11 is 0. The lowest BCUT2D eigenvalue weighted by molar-refractivity contribution is 0.0733. The molecule has 1 fully saturated rings. The fraction of sp³-hybridized carbons (Fsp3) is 0.458. The lowest BCUT2D eigenvalue weighted by Crippen LogP contribution is -2.30. The molecule has 1 saturated heterocycles. The monoisotopic (exact) mass is 413 g/mol. The molecule has 1 amide bonds. The highest BCUT2D eigenvalue weighted by Crippen LogP contribution is 2.40. The second-order valence-corrected chi connectivity index (χ2v) is 7.21.